The van der Waals surface area contributed by atoms with E-state index in [2.05, 4.69) is 16.3 Å². The lowest BCUT2D eigenvalue weighted by molar-refractivity contribution is 0.102. The monoisotopic (exact) mass is 260 g/mol. The van der Waals surface area contributed by atoms with E-state index in [-0.39, 0.29) is 5.91 Å². The zero-order valence-electron chi connectivity index (χ0n) is 10.5. The lowest BCUT2D eigenvalue weighted by atomic mass is 10.2. The molecule has 1 aromatic carbocycles. The number of thiophene rings is 1. The first-order chi connectivity index (χ1) is 8.65. The van der Waals surface area contributed by atoms with Gasteiger partial charge in [-0.15, -0.1) is 0 Å². The van der Waals surface area contributed by atoms with E-state index in [1.807, 2.05) is 49.1 Å². The summed E-state index contributed by atoms with van der Waals surface area (Å²) in [5.74, 6) is -0.0572. The van der Waals surface area contributed by atoms with Crippen molar-refractivity contribution >= 4 is 22.9 Å². The van der Waals surface area contributed by atoms with Gasteiger partial charge in [0.2, 0.25) is 0 Å². The SMILES string of the molecule is CN(C)Cc1cccc(NC(=O)c2ccsc2)c1. The number of benzene rings is 1. The highest BCUT2D eigenvalue weighted by atomic mass is 32.1. The van der Waals surface area contributed by atoms with Gasteiger partial charge in [-0.05, 0) is 43.2 Å². The van der Waals surface area contributed by atoms with Gasteiger partial charge in [-0.2, -0.15) is 11.3 Å². The topological polar surface area (TPSA) is 32.3 Å². The predicted molar refractivity (Wildman–Crippen MR) is 76.1 cm³/mol. The first-order valence-corrected chi connectivity index (χ1v) is 6.66. The first-order valence-electron chi connectivity index (χ1n) is 5.72. The maximum Gasteiger partial charge on any atom is 0.256 e. The molecule has 0 radical (unpaired) electrons. The fourth-order valence-corrected chi connectivity index (χ4v) is 2.35. The maximum atomic E-state index is 11.9. The van der Waals surface area contributed by atoms with Crippen LogP contribution < -0.4 is 5.32 Å². The molecular weight excluding hydrogens is 244 g/mol. The average molecular weight is 260 g/mol. The van der Waals surface area contributed by atoms with Crippen LogP contribution in [-0.4, -0.2) is 24.9 Å². The Morgan fingerprint density at radius 1 is 1.33 bits per heavy atom. The van der Waals surface area contributed by atoms with Crippen LogP contribution in [0.3, 0.4) is 0 Å². The highest BCUT2D eigenvalue weighted by molar-refractivity contribution is 7.08. The molecule has 0 spiro atoms. The number of hydrogen-bond donors (Lipinski definition) is 1. The van der Waals surface area contributed by atoms with Crippen LogP contribution in [-0.2, 0) is 6.54 Å². The van der Waals surface area contributed by atoms with Gasteiger partial charge in [0.15, 0.2) is 0 Å². The molecule has 94 valence electrons. The van der Waals surface area contributed by atoms with Crippen LogP contribution in [0.2, 0.25) is 0 Å². The van der Waals surface area contributed by atoms with Gasteiger partial charge in [-0.1, -0.05) is 12.1 Å². The number of anilines is 1. The highest BCUT2D eigenvalue weighted by Gasteiger charge is 2.06. The van der Waals surface area contributed by atoms with Crippen LogP contribution in [0.15, 0.2) is 41.1 Å². The fraction of sp³-hybridized carbons (Fsp3) is 0.214. The Morgan fingerprint density at radius 2 is 2.17 bits per heavy atom. The fourth-order valence-electron chi connectivity index (χ4n) is 1.71. The third-order valence-electron chi connectivity index (χ3n) is 2.47. The lowest BCUT2D eigenvalue weighted by Gasteiger charge is -2.11. The summed E-state index contributed by atoms with van der Waals surface area (Å²) in [7, 11) is 4.05. The first kappa shape index (κ1) is 12.8. The molecule has 18 heavy (non-hydrogen) atoms. The Kier molecular flexibility index (Phi) is 4.12. The van der Waals surface area contributed by atoms with Crippen molar-refractivity contribution in [2.75, 3.05) is 19.4 Å². The van der Waals surface area contributed by atoms with E-state index in [1.165, 1.54) is 16.9 Å². The minimum Gasteiger partial charge on any atom is -0.322 e. The molecule has 0 saturated heterocycles. The van der Waals surface area contributed by atoms with Crippen molar-refractivity contribution in [1.29, 1.82) is 0 Å². The normalized spacial score (nSPS) is 10.6. The quantitative estimate of drug-likeness (QED) is 0.916. The third kappa shape index (κ3) is 3.42. The van der Waals surface area contributed by atoms with Gasteiger partial charge in [0.05, 0.1) is 5.56 Å². The van der Waals surface area contributed by atoms with Crippen molar-refractivity contribution in [1.82, 2.24) is 4.90 Å². The largest absolute Gasteiger partial charge is 0.322 e. The maximum absolute atomic E-state index is 11.9. The lowest BCUT2D eigenvalue weighted by Crippen LogP contribution is -2.13. The van der Waals surface area contributed by atoms with Gasteiger partial charge in [0, 0.05) is 17.6 Å². The predicted octanol–water partition coefficient (Wildman–Crippen LogP) is 3.06. The molecule has 1 heterocycles. The molecule has 0 fully saturated rings. The van der Waals surface area contributed by atoms with Crippen LogP contribution in [0.4, 0.5) is 5.69 Å². The molecular formula is C14H16N2OS. The van der Waals surface area contributed by atoms with Crippen molar-refractivity contribution in [3.05, 3.63) is 52.2 Å². The van der Waals surface area contributed by atoms with E-state index < -0.39 is 0 Å². The third-order valence-corrected chi connectivity index (χ3v) is 3.15. The van der Waals surface area contributed by atoms with Crippen molar-refractivity contribution in [3.8, 4) is 0 Å². The van der Waals surface area contributed by atoms with E-state index in [0.717, 1.165) is 12.2 Å². The van der Waals surface area contributed by atoms with Crippen LogP contribution in [0, 0.1) is 0 Å². The Morgan fingerprint density at radius 3 is 2.83 bits per heavy atom. The Balaban J connectivity index is 2.07. The van der Waals surface area contributed by atoms with Crippen LogP contribution in [0.5, 0.6) is 0 Å². The number of amides is 1. The Bertz CT molecular complexity index is 520. The van der Waals surface area contributed by atoms with Gasteiger partial charge >= 0.3 is 0 Å². The van der Waals surface area contributed by atoms with Crippen LogP contribution in [0.25, 0.3) is 0 Å². The molecule has 0 aliphatic heterocycles. The minimum absolute atomic E-state index is 0.0572. The summed E-state index contributed by atoms with van der Waals surface area (Å²) in [5, 5.41) is 6.65. The number of nitrogens with zero attached hydrogens (tertiary/aromatic N) is 1. The number of carbonyl (C=O) groups is 1. The molecule has 0 aliphatic rings. The molecule has 0 atom stereocenters. The van der Waals surface area contributed by atoms with Crippen molar-refractivity contribution < 1.29 is 4.79 Å². The molecule has 0 bridgehead atoms. The summed E-state index contributed by atoms with van der Waals surface area (Å²) in [6.45, 7) is 0.863. The summed E-state index contributed by atoms with van der Waals surface area (Å²) >= 11 is 1.52. The summed E-state index contributed by atoms with van der Waals surface area (Å²) in [5.41, 5.74) is 2.73. The molecule has 2 rings (SSSR count). The van der Waals surface area contributed by atoms with E-state index in [9.17, 15) is 4.79 Å². The Hall–Kier alpha value is -1.65. The second-order valence-corrected chi connectivity index (χ2v) is 5.18. The summed E-state index contributed by atoms with van der Waals surface area (Å²) in [4.78, 5) is 14.0. The second kappa shape index (κ2) is 5.80. The number of rotatable bonds is 4. The zero-order chi connectivity index (χ0) is 13.0. The molecule has 1 N–H and O–H groups in total. The zero-order valence-corrected chi connectivity index (χ0v) is 11.3. The van der Waals surface area contributed by atoms with Crippen LogP contribution in [0.1, 0.15) is 15.9 Å². The van der Waals surface area contributed by atoms with E-state index >= 15 is 0 Å². The number of hydrogen-bond acceptors (Lipinski definition) is 3. The second-order valence-electron chi connectivity index (χ2n) is 4.40. The van der Waals surface area contributed by atoms with Gasteiger partial charge in [0.1, 0.15) is 0 Å². The summed E-state index contributed by atoms with van der Waals surface area (Å²) in [6, 6.07) is 9.75. The summed E-state index contributed by atoms with van der Waals surface area (Å²) in [6.07, 6.45) is 0. The molecule has 0 aliphatic carbocycles. The van der Waals surface area contributed by atoms with Crippen LogP contribution >= 0.6 is 11.3 Å². The van der Waals surface area contributed by atoms with E-state index in [4.69, 9.17) is 0 Å². The van der Waals surface area contributed by atoms with Gasteiger partial charge in [-0.3, -0.25) is 4.79 Å². The average Bonchev–Trinajstić information content (AvgIpc) is 2.81. The molecule has 3 nitrogen and oxygen atoms in total. The Labute approximate surface area is 111 Å². The molecule has 2 aromatic rings. The van der Waals surface area contributed by atoms with Gasteiger partial charge in [0.25, 0.3) is 5.91 Å². The van der Waals surface area contributed by atoms with Gasteiger partial charge in [-0.25, -0.2) is 0 Å². The van der Waals surface area contributed by atoms with E-state index in [1.54, 1.807) is 0 Å². The molecule has 4 heteroatoms. The molecule has 1 amide bonds. The number of carbonyl (C=O) groups excluding carboxylic acids is 1. The molecule has 0 unspecified atom stereocenters. The smallest absolute Gasteiger partial charge is 0.256 e. The van der Waals surface area contributed by atoms with Gasteiger partial charge < -0.3 is 10.2 Å². The molecule has 1 aromatic heterocycles. The summed E-state index contributed by atoms with van der Waals surface area (Å²) < 4.78 is 0. The van der Waals surface area contributed by atoms with Crippen molar-refractivity contribution in [2.24, 2.45) is 0 Å². The van der Waals surface area contributed by atoms with Crippen molar-refractivity contribution in [3.63, 3.8) is 0 Å². The van der Waals surface area contributed by atoms with Crippen molar-refractivity contribution in [2.45, 2.75) is 6.54 Å². The number of nitrogens with one attached hydrogen (secondary N) is 1. The minimum atomic E-state index is -0.0572. The molecule has 0 saturated carbocycles. The highest BCUT2D eigenvalue weighted by Crippen LogP contribution is 2.14. The standard InChI is InChI=1S/C14H16N2OS/c1-16(2)9-11-4-3-5-13(8-11)15-14(17)12-6-7-18-10-12/h3-8,10H,9H2,1-2H3,(H,15,17). The van der Waals surface area contributed by atoms with E-state index in [0.29, 0.717) is 5.56 Å².